The summed E-state index contributed by atoms with van der Waals surface area (Å²) >= 11 is 0. The highest BCUT2D eigenvalue weighted by molar-refractivity contribution is 5.52. The molecule has 114 valence electrons. The van der Waals surface area contributed by atoms with E-state index in [9.17, 15) is 0 Å². The summed E-state index contributed by atoms with van der Waals surface area (Å²) in [5, 5.41) is 14.4. The van der Waals surface area contributed by atoms with E-state index in [2.05, 4.69) is 41.6 Å². The minimum absolute atomic E-state index is 0.0105. The fourth-order valence-electron chi connectivity index (χ4n) is 1.75. The zero-order valence-corrected chi connectivity index (χ0v) is 12.9. The molecule has 6 heteroatoms. The SMILES string of the molecule is COCc1cccc(Nc2nnc(CNC(C)(C)C)o2)c1. The monoisotopic (exact) mass is 290 g/mol. The Balaban J connectivity index is 1.97. The average molecular weight is 290 g/mol. The Morgan fingerprint density at radius 3 is 2.76 bits per heavy atom. The molecule has 1 heterocycles. The van der Waals surface area contributed by atoms with Crippen molar-refractivity contribution >= 4 is 11.7 Å². The van der Waals surface area contributed by atoms with Crippen LogP contribution in [0.3, 0.4) is 0 Å². The second kappa shape index (κ2) is 6.69. The largest absolute Gasteiger partial charge is 0.406 e. The number of anilines is 2. The number of hydrogen-bond donors (Lipinski definition) is 2. The number of nitrogens with zero attached hydrogens (tertiary/aromatic N) is 2. The third-order valence-corrected chi connectivity index (χ3v) is 2.73. The van der Waals surface area contributed by atoms with E-state index >= 15 is 0 Å². The van der Waals surface area contributed by atoms with Gasteiger partial charge in [-0.2, -0.15) is 0 Å². The van der Waals surface area contributed by atoms with Crippen LogP contribution in [-0.4, -0.2) is 22.8 Å². The summed E-state index contributed by atoms with van der Waals surface area (Å²) in [6.45, 7) is 7.37. The van der Waals surface area contributed by atoms with Crippen molar-refractivity contribution in [2.45, 2.75) is 39.5 Å². The molecule has 2 N–H and O–H groups in total. The van der Waals surface area contributed by atoms with E-state index in [0.29, 0.717) is 25.1 Å². The topological polar surface area (TPSA) is 72.2 Å². The lowest BCUT2D eigenvalue weighted by molar-refractivity contribution is 0.185. The zero-order chi connectivity index (χ0) is 15.3. The number of aromatic nitrogens is 2. The van der Waals surface area contributed by atoms with Crippen molar-refractivity contribution in [1.82, 2.24) is 15.5 Å². The maximum Gasteiger partial charge on any atom is 0.320 e. The molecular formula is C15H22N4O2. The first-order valence-electron chi connectivity index (χ1n) is 6.88. The van der Waals surface area contributed by atoms with Crippen LogP contribution in [0.15, 0.2) is 28.7 Å². The number of rotatable bonds is 6. The summed E-state index contributed by atoms with van der Waals surface area (Å²) < 4.78 is 10.7. The second-order valence-electron chi connectivity index (χ2n) is 5.86. The van der Waals surface area contributed by atoms with Crippen molar-refractivity contribution in [3.05, 3.63) is 35.7 Å². The predicted octanol–water partition coefficient (Wildman–Crippen LogP) is 2.85. The number of hydrogen-bond acceptors (Lipinski definition) is 6. The Morgan fingerprint density at radius 2 is 2.05 bits per heavy atom. The van der Waals surface area contributed by atoms with Gasteiger partial charge in [-0.3, -0.25) is 0 Å². The van der Waals surface area contributed by atoms with Crippen LogP contribution in [0.1, 0.15) is 32.2 Å². The van der Waals surface area contributed by atoms with Crippen LogP contribution in [0, 0.1) is 0 Å². The summed E-state index contributed by atoms with van der Waals surface area (Å²) in [6, 6.07) is 8.27. The summed E-state index contributed by atoms with van der Waals surface area (Å²) in [4.78, 5) is 0. The fourth-order valence-corrected chi connectivity index (χ4v) is 1.75. The van der Waals surface area contributed by atoms with Crippen LogP contribution in [0.25, 0.3) is 0 Å². The second-order valence-corrected chi connectivity index (χ2v) is 5.86. The van der Waals surface area contributed by atoms with Gasteiger partial charge in [0.05, 0.1) is 13.2 Å². The van der Waals surface area contributed by atoms with Gasteiger partial charge in [0.25, 0.3) is 0 Å². The molecule has 0 aliphatic heterocycles. The number of benzene rings is 1. The van der Waals surface area contributed by atoms with Gasteiger partial charge in [-0.15, -0.1) is 5.10 Å². The number of methoxy groups -OCH3 is 1. The molecule has 0 atom stereocenters. The molecule has 2 aromatic rings. The Labute approximate surface area is 124 Å². The minimum atomic E-state index is 0.0105. The molecule has 0 bridgehead atoms. The molecule has 0 saturated heterocycles. The van der Waals surface area contributed by atoms with Crippen molar-refractivity contribution in [3.8, 4) is 0 Å². The highest BCUT2D eigenvalue weighted by atomic mass is 16.5. The standard InChI is InChI=1S/C15H22N4O2/c1-15(2,3)16-9-13-18-19-14(21-13)17-12-7-5-6-11(8-12)10-20-4/h5-8,16H,9-10H2,1-4H3,(H,17,19). The average Bonchev–Trinajstić information content (AvgIpc) is 2.84. The summed E-state index contributed by atoms with van der Waals surface area (Å²) in [5.41, 5.74) is 1.98. The fraction of sp³-hybridized carbons (Fsp3) is 0.467. The molecule has 0 amide bonds. The van der Waals surface area contributed by atoms with Gasteiger partial charge >= 0.3 is 6.01 Å². The maximum atomic E-state index is 5.56. The first-order valence-corrected chi connectivity index (χ1v) is 6.88. The molecule has 6 nitrogen and oxygen atoms in total. The van der Waals surface area contributed by atoms with Gasteiger partial charge in [-0.05, 0) is 38.5 Å². The van der Waals surface area contributed by atoms with Gasteiger partial charge in [0.15, 0.2) is 0 Å². The number of ether oxygens (including phenoxy) is 1. The van der Waals surface area contributed by atoms with Crippen LogP contribution in [0.5, 0.6) is 0 Å². The first kappa shape index (κ1) is 15.5. The molecule has 0 aliphatic carbocycles. The van der Waals surface area contributed by atoms with Crippen molar-refractivity contribution in [1.29, 1.82) is 0 Å². The van der Waals surface area contributed by atoms with Crippen molar-refractivity contribution in [3.63, 3.8) is 0 Å². The third kappa shape index (κ3) is 5.17. The smallest absolute Gasteiger partial charge is 0.320 e. The lowest BCUT2D eigenvalue weighted by Gasteiger charge is -2.18. The molecule has 21 heavy (non-hydrogen) atoms. The maximum absolute atomic E-state index is 5.56. The van der Waals surface area contributed by atoms with E-state index < -0.39 is 0 Å². The van der Waals surface area contributed by atoms with E-state index in [4.69, 9.17) is 9.15 Å². The van der Waals surface area contributed by atoms with Crippen LogP contribution in [0.2, 0.25) is 0 Å². The minimum Gasteiger partial charge on any atom is -0.406 e. The normalized spacial score (nSPS) is 11.6. The Bertz CT molecular complexity index is 575. The summed E-state index contributed by atoms with van der Waals surface area (Å²) in [6.07, 6.45) is 0. The first-order chi connectivity index (χ1) is 9.96. The van der Waals surface area contributed by atoms with Gasteiger partial charge < -0.3 is 19.8 Å². The molecule has 1 aromatic carbocycles. The quantitative estimate of drug-likeness (QED) is 0.852. The molecule has 1 aromatic heterocycles. The van der Waals surface area contributed by atoms with E-state index in [-0.39, 0.29) is 5.54 Å². The number of nitrogens with one attached hydrogen (secondary N) is 2. The Hall–Kier alpha value is -1.92. The zero-order valence-electron chi connectivity index (χ0n) is 12.9. The van der Waals surface area contributed by atoms with E-state index in [1.165, 1.54) is 0 Å². The molecule has 0 aliphatic rings. The summed E-state index contributed by atoms with van der Waals surface area (Å²) in [5.74, 6) is 0.556. The predicted molar refractivity (Wildman–Crippen MR) is 81.3 cm³/mol. The van der Waals surface area contributed by atoms with Crippen molar-refractivity contribution < 1.29 is 9.15 Å². The third-order valence-electron chi connectivity index (χ3n) is 2.73. The van der Waals surface area contributed by atoms with E-state index in [1.807, 2.05) is 24.3 Å². The molecule has 0 radical (unpaired) electrons. The molecule has 0 saturated carbocycles. The van der Waals surface area contributed by atoms with Gasteiger partial charge in [0, 0.05) is 18.3 Å². The summed E-state index contributed by atoms with van der Waals surface area (Å²) in [7, 11) is 1.67. The van der Waals surface area contributed by atoms with Gasteiger partial charge in [0.1, 0.15) is 0 Å². The van der Waals surface area contributed by atoms with Crippen molar-refractivity contribution in [2.24, 2.45) is 0 Å². The van der Waals surface area contributed by atoms with E-state index in [1.54, 1.807) is 7.11 Å². The van der Waals surface area contributed by atoms with Crippen molar-refractivity contribution in [2.75, 3.05) is 12.4 Å². The Morgan fingerprint density at radius 1 is 1.24 bits per heavy atom. The van der Waals surface area contributed by atoms with Crippen LogP contribution < -0.4 is 10.6 Å². The van der Waals surface area contributed by atoms with Crippen LogP contribution in [-0.2, 0) is 17.9 Å². The molecule has 0 unspecified atom stereocenters. The highest BCUT2D eigenvalue weighted by Crippen LogP contribution is 2.17. The molecule has 0 spiro atoms. The van der Waals surface area contributed by atoms with Gasteiger partial charge in [-0.1, -0.05) is 17.2 Å². The van der Waals surface area contributed by atoms with E-state index in [0.717, 1.165) is 11.3 Å². The van der Waals surface area contributed by atoms with Gasteiger partial charge in [-0.25, -0.2) is 0 Å². The van der Waals surface area contributed by atoms with Gasteiger partial charge in [0.2, 0.25) is 5.89 Å². The highest BCUT2D eigenvalue weighted by Gasteiger charge is 2.12. The lowest BCUT2D eigenvalue weighted by Crippen LogP contribution is -2.35. The molecular weight excluding hydrogens is 268 g/mol. The molecule has 2 rings (SSSR count). The lowest BCUT2D eigenvalue weighted by atomic mass is 10.1. The molecule has 0 fully saturated rings. The van der Waals surface area contributed by atoms with Crippen LogP contribution in [0.4, 0.5) is 11.7 Å². The Kier molecular flexibility index (Phi) is 4.93. The van der Waals surface area contributed by atoms with Crippen LogP contribution >= 0.6 is 0 Å².